The van der Waals surface area contributed by atoms with Crippen molar-refractivity contribution in [2.45, 2.75) is 59.8 Å². The molecule has 0 aromatic rings. The van der Waals surface area contributed by atoms with Gasteiger partial charge in [0.15, 0.2) is 0 Å². The molecule has 2 heteroatoms. The van der Waals surface area contributed by atoms with Crippen LogP contribution in [0.3, 0.4) is 0 Å². The Morgan fingerprint density at radius 3 is 2.21 bits per heavy atom. The highest BCUT2D eigenvalue weighted by molar-refractivity contribution is 5.69. The summed E-state index contributed by atoms with van der Waals surface area (Å²) in [4.78, 5) is 10.8. The standard InChI is InChI=1S/C12H24O2/c1-5-7-10(11(13)14)8-6-9-12(2,3)4/h10H,5-9H2,1-4H3,(H,13,14). The van der Waals surface area contributed by atoms with Crippen molar-refractivity contribution in [2.75, 3.05) is 0 Å². The molecule has 1 atom stereocenters. The molecule has 0 saturated heterocycles. The highest BCUT2D eigenvalue weighted by atomic mass is 16.4. The first-order valence-electron chi connectivity index (χ1n) is 5.59. The van der Waals surface area contributed by atoms with Crippen LogP contribution in [-0.2, 0) is 4.79 Å². The van der Waals surface area contributed by atoms with E-state index in [4.69, 9.17) is 5.11 Å². The molecule has 0 aliphatic carbocycles. The molecule has 0 fully saturated rings. The Bertz CT molecular complexity index is 168. The fraction of sp³-hybridized carbons (Fsp3) is 0.917. The molecule has 0 bridgehead atoms. The van der Waals surface area contributed by atoms with Gasteiger partial charge in [-0.1, -0.05) is 40.5 Å². The van der Waals surface area contributed by atoms with Crippen LogP contribution in [0.25, 0.3) is 0 Å². The summed E-state index contributed by atoms with van der Waals surface area (Å²) in [6, 6.07) is 0. The SMILES string of the molecule is CCCC(CCCC(C)(C)C)C(=O)O. The van der Waals surface area contributed by atoms with E-state index in [1.807, 2.05) is 6.92 Å². The van der Waals surface area contributed by atoms with Crippen LogP contribution < -0.4 is 0 Å². The van der Waals surface area contributed by atoms with Gasteiger partial charge < -0.3 is 5.11 Å². The first-order valence-corrected chi connectivity index (χ1v) is 5.59. The third-order valence-electron chi connectivity index (χ3n) is 2.47. The highest BCUT2D eigenvalue weighted by Crippen LogP contribution is 2.24. The van der Waals surface area contributed by atoms with Crippen molar-refractivity contribution in [3.05, 3.63) is 0 Å². The Morgan fingerprint density at radius 1 is 1.29 bits per heavy atom. The van der Waals surface area contributed by atoms with Crippen molar-refractivity contribution < 1.29 is 9.90 Å². The smallest absolute Gasteiger partial charge is 0.306 e. The number of carbonyl (C=O) groups is 1. The van der Waals surface area contributed by atoms with E-state index >= 15 is 0 Å². The molecule has 1 N–H and O–H groups in total. The van der Waals surface area contributed by atoms with Crippen LogP contribution >= 0.6 is 0 Å². The lowest BCUT2D eigenvalue weighted by Gasteiger charge is -2.19. The molecule has 2 nitrogen and oxygen atoms in total. The molecule has 0 aliphatic rings. The Hall–Kier alpha value is -0.530. The van der Waals surface area contributed by atoms with Crippen LogP contribution in [-0.4, -0.2) is 11.1 Å². The molecule has 14 heavy (non-hydrogen) atoms. The lowest BCUT2D eigenvalue weighted by atomic mass is 9.87. The van der Waals surface area contributed by atoms with E-state index < -0.39 is 5.97 Å². The first-order chi connectivity index (χ1) is 6.37. The number of rotatable bonds is 6. The highest BCUT2D eigenvalue weighted by Gasteiger charge is 2.17. The average molecular weight is 200 g/mol. The molecule has 0 radical (unpaired) electrons. The van der Waals surface area contributed by atoms with Crippen molar-refractivity contribution in [3.8, 4) is 0 Å². The zero-order valence-electron chi connectivity index (χ0n) is 9.97. The summed E-state index contributed by atoms with van der Waals surface area (Å²) in [6.07, 6.45) is 4.76. The minimum atomic E-state index is -0.624. The second kappa shape index (κ2) is 6.05. The van der Waals surface area contributed by atoms with E-state index in [9.17, 15) is 4.79 Å². The topological polar surface area (TPSA) is 37.3 Å². The van der Waals surface area contributed by atoms with Crippen LogP contribution in [0.4, 0.5) is 0 Å². The van der Waals surface area contributed by atoms with Gasteiger partial charge in [0, 0.05) is 0 Å². The molecule has 0 amide bonds. The first kappa shape index (κ1) is 13.5. The molecule has 1 unspecified atom stereocenters. The van der Waals surface area contributed by atoms with Gasteiger partial charge in [-0.25, -0.2) is 0 Å². The normalized spacial score (nSPS) is 14.0. The predicted octanol–water partition coefficient (Wildman–Crippen LogP) is 3.70. The van der Waals surface area contributed by atoms with E-state index in [1.165, 1.54) is 0 Å². The lowest BCUT2D eigenvalue weighted by molar-refractivity contribution is -0.142. The van der Waals surface area contributed by atoms with Gasteiger partial charge in [-0.2, -0.15) is 0 Å². The largest absolute Gasteiger partial charge is 0.481 e. The number of hydrogen-bond donors (Lipinski definition) is 1. The fourth-order valence-electron chi connectivity index (χ4n) is 1.62. The molecule has 0 rings (SSSR count). The summed E-state index contributed by atoms with van der Waals surface area (Å²) in [6.45, 7) is 8.63. The number of carboxylic acids is 1. The molecular weight excluding hydrogens is 176 g/mol. The van der Waals surface area contributed by atoms with Crippen LogP contribution in [0.5, 0.6) is 0 Å². The van der Waals surface area contributed by atoms with Crippen molar-refractivity contribution in [1.82, 2.24) is 0 Å². The van der Waals surface area contributed by atoms with Gasteiger partial charge in [0.25, 0.3) is 0 Å². The Labute approximate surface area is 87.7 Å². The third kappa shape index (κ3) is 6.93. The second-order valence-electron chi connectivity index (χ2n) is 5.28. The summed E-state index contributed by atoms with van der Waals surface area (Å²) in [5.41, 5.74) is 0.329. The van der Waals surface area contributed by atoms with Crippen molar-refractivity contribution >= 4 is 5.97 Å². The monoisotopic (exact) mass is 200 g/mol. The minimum Gasteiger partial charge on any atom is -0.481 e. The predicted molar refractivity (Wildman–Crippen MR) is 59.3 cm³/mol. The van der Waals surface area contributed by atoms with E-state index in [0.717, 1.165) is 32.1 Å². The van der Waals surface area contributed by atoms with Crippen LogP contribution in [0.2, 0.25) is 0 Å². The summed E-state index contributed by atoms with van der Waals surface area (Å²) in [5, 5.41) is 8.93. The van der Waals surface area contributed by atoms with Gasteiger partial charge in [0.05, 0.1) is 5.92 Å². The van der Waals surface area contributed by atoms with E-state index in [2.05, 4.69) is 20.8 Å². The fourth-order valence-corrected chi connectivity index (χ4v) is 1.62. The molecule has 0 aliphatic heterocycles. The molecular formula is C12H24O2. The Kier molecular flexibility index (Phi) is 5.82. The van der Waals surface area contributed by atoms with Gasteiger partial charge in [-0.3, -0.25) is 4.79 Å². The van der Waals surface area contributed by atoms with E-state index in [0.29, 0.717) is 5.41 Å². The summed E-state index contributed by atoms with van der Waals surface area (Å²) < 4.78 is 0. The zero-order chi connectivity index (χ0) is 11.2. The van der Waals surface area contributed by atoms with Crippen molar-refractivity contribution in [3.63, 3.8) is 0 Å². The maximum Gasteiger partial charge on any atom is 0.306 e. The van der Waals surface area contributed by atoms with Gasteiger partial charge >= 0.3 is 5.97 Å². The van der Waals surface area contributed by atoms with Crippen LogP contribution in [0.15, 0.2) is 0 Å². The Balaban J connectivity index is 3.77. The third-order valence-corrected chi connectivity index (χ3v) is 2.47. The van der Waals surface area contributed by atoms with Gasteiger partial charge in [-0.15, -0.1) is 0 Å². The maximum atomic E-state index is 10.8. The molecule has 0 aromatic carbocycles. The van der Waals surface area contributed by atoms with Crippen molar-refractivity contribution in [1.29, 1.82) is 0 Å². The zero-order valence-corrected chi connectivity index (χ0v) is 9.97. The average Bonchev–Trinajstić information content (AvgIpc) is 2.00. The maximum absolute atomic E-state index is 10.8. The van der Waals surface area contributed by atoms with Gasteiger partial charge in [0.2, 0.25) is 0 Å². The summed E-state index contributed by atoms with van der Waals surface area (Å²) >= 11 is 0. The van der Waals surface area contributed by atoms with Crippen molar-refractivity contribution in [2.24, 2.45) is 11.3 Å². The molecule has 0 saturated carbocycles. The van der Waals surface area contributed by atoms with Crippen LogP contribution in [0, 0.1) is 11.3 Å². The van der Waals surface area contributed by atoms with E-state index in [1.54, 1.807) is 0 Å². The van der Waals surface area contributed by atoms with Crippen LogP contribution in [0.1, 0.15) is 59.8 Å². The number of hydrogen-bond acceptors (Lipinski definition) is 1. The van der Waals surface area contributed by atoms with Gasteiger partial charge in [-0.05, 0) is 24.7 Å². The number of aliphatic carboxylic acids is 1. The summed E-state index contributed by atoms with van der Waals surface area (Å²) in [7, 11) is 0. The van der Waals surface area contributed by atoms with Gasteiger partial charge in [0.1, 0.15) is 0 Å². The molecule has 84 valence electrons. The number of carboxylic acid groups (broad SMARTS) is 1. The molecule has 0 spiro atoms. The minimum absolute atomic E-state index is 0.123. The quantitative estimate of drug-likeness (QED) is 0.709. The molecule has 0 aromatic heterocycles. The molecule has 0 heterocycles. The second-order valence-corrected chi connectivity index (χ2v) is 5.28. The lowest BCUT2D eigenvalue weighted by Crippen LogP contribution is -2.14. The Morgan fingerprint density at radius 2 is 1.86 bits per heavy atom. The summed E-state index contributed by atoms with van der Waals surface area (Å²) in [5.74, 6) is -0.747. The van der Waals surface area contributed by atoms with E-state index in [-0.39, 0.29) is 5.92 Å².